The number of aryl methyl sites for hydroxylation is 1. The Kier molecular flexibility index (Phi) is 3.92. The molecule has 0 saturated carbocycles. The van der Waals surface area contributed by atoms with Crippen LogP contribution in [0.2, 0.25) is 0 Å². The largest absolute Gasteiger partial charge is 0.330 e. The number of anilines is 1. The molecule has 0 saturated heterocycles. The van der Waals surface area contributed by atoms with Crippen molar-refractivity contribution in [3.8, 4) is 0 Å². The molecule has 0 radical (unpaired) electrons. The van der Waals surface area contributed by atoms with Crippen molar-refractivity contribution in [1.29, 1.82) is 0 Å². The van der Waals surface area contributed by atoms with Crippen LogP contribution in [0.5, 0.6) is 0 Å². The second-order valence-corrected chi connectivity index (χ2v) is 5.51. The Morgan fingerprint density at radius 3 is 2.45 bits per heavy atom. The normalized spacial score (nSPS) is 13.4. The van der Waals surface area contributed by atoms with Crippen LogP contribution in [0, 0.1) is 6.92 Å². The molecule has 0 atom stereocenters. The number of carbonyl (C=O) groups excluding carboxylic acids is 2. The number of hydrogen-bond acceptors (Lipinski definition) is 2. The fourth-order valence-electron chi connectivity index (χ4n) is 2.70. The Balaban J connectivity index is 1.70. The number of hydrogen-bond donors (Lipinski definition) is 1. The van der Waals surface area contributed by atoms with Crippen molar-refractivity contribution in [1.82, 2.24) is 4.90 Å². The SMILES string of the molecule is Cc1ccccc1NC(=O)C(=O)N1CCc2ccccc2C1. The van der Waals surface area contributed by atoms with Crippen molar-refractivity contribution in [2.24, 2.45) is 0 Å². The average molecular weight is 294 g/mol. The zero-order chi connectivity index (χ0) is 15.5. The number of rotatable bonds is 1. The fourth-order valence-corrected chi connectivity index (χ4v) is 2.70. The van der Waals surface area contributed by atoms with Gasteiger partial charge in [-0.1, -0.05) is 42.5 Å². The van der Waals surface area contributed by atoms with Gasteiger partial charge in [-0.05, 0) is 36.1 Å². The van der Waals surface area contributed by atoms with Crippen LogP contribution in [-0.2, 0) is 22.6 Å². The van der Waals surface area contributed by atoms with E-state index in [1.807, 2.05) is 43.3 Å². The summed E-state index contributed by atoms with van der Waals surface area (Å²) in [5, 5.41) is 2.70. The highest BCUT2D eigenvalue weighted by molar-refractivity contribution is 6.39. The second kappa shape index (κ2) is 6.02. The van der Waals surface area contributed by atoms with Crippen molar-refractivity contribution in [3.05, 3.63) is 65.2 Å². The van der Waals surface area contributed by atoms with Gasteiger partial charge in [0.05, 0.1) is 0 Å². The first kappa shape index (κ1) is 14.3. The first-order valence-corrected chi connectivity index (χ1v) is 7.38. The lowest BCUT2D eigenvalue weighted by atomic mass is 10.00. The number of para-hydroxylation sites is 1. The molecule has 4 nitrogen and oxygen atoms in total. The summed E-state index contributed by atoms with van der Waals surface area (Å²) in [5.41, 5.74) is 3.99. The van der Waals surface area contributed by atoms with Crippen LogP contribution in [0.4, 0.5) is 5.69 Å². The van der Waals surface area contributed by atoms with Crippen LogP contribution in [0.3, 0.4) is 0 Å². The predicted octanol–water partition coefficient (Wildman–Crippen LogP) is 2.52. The molecule has 2 aromatic carbocycles. The van der Waals surface area contributed by atoms with E-state index >= 15 is 0 Å². The van der Waals surface area contributed by atoms with Crippen LogP contribution in [0.25, 0.3) is 0 Å². The van der Waals surface area contributed by atoms with Crippen LogP contribution in [0.15, 0.2) is 48.5 Å². The molecular formula is C18H18N2O2. The van der Waals surface area contributed by atoms with Crippen LogP contribution < -0.4 is 5.32 Å². The van der Waals surface area contributed by atoms with Gasteiger partial charge in [0.2, 0.25) is 0 Å². The zero-order valence-corrected chi connectivity index (χ0v) is 12.5. The number of nitrogens with one attached hydrogen (secondary N) is 1. The molecule has 4 heteroatoms. The van der Waals surface area contributed by atoms with Crippen molar-refractivity contribution < 1.29 is 9.59 Å². The lowest BCUT2D eigenvalue weighted by Crippen LogP contribution is -2.42. The van der Waals surface area contributed by atoms with E-state index in [0.29, 0.717) is 18.8 Å². The molecule has 0 bridgehead atoms. The highest BCUT2D eigenvalue weighted by atomic mass is 16.2. The molecule has 1 N–H and O–H groups in total. The van der Waals surface area contributed by atoms with Crippen LogP contribution in [-0.4, -0.2) is 23.3 Å². The predicted molar refractivity (Wildman–Crippen MR) is 85.4 cm³/mol. The Morgan fingerprint density at radius 1 is 1.00 bits per heavy atom. The van der Waals surface area contributed by atoms with Gasteiger partial charge >= 0.3 is 11.8 Å². The standard InChI is InChI=1S/C18H18N2O2/c1-13-6-2-5-9-16(13)19-17(21)18(22)20-11-10-14-7-3-4-8-15(14)12-20/h2-9H,10-12H2,1H3,(H,19,21). The molecule has 1 aliphatic rings. The molecule has 2 amide bonds. The molecule has 0 fully saturated rings. The van der Waals surface area contributed by atoms with E-state index in [-0.39, 0.29) is 0 Å². The van der Waals surface area contributed by atoms with E-state index < -0.39 is 11.8 Å². The Hall–Kier alpha value is -2.62. The fraction of sp³-hybridized carbons (Fsp3) is 0.222. The number of nitrogens with zero attached hydrogens (tertiary/aromatic N) is 1. The molecule has 22 heavy (non-hydrogen) atoms. The van der Waals surface area contributed by atoms with Crippen LogP contribution in [0.1, 0.15) is 16.7 Å². The van der Waals surface area contributed by atoms with Crippen molar-refractivity contribution >= 4 is 17.5 Å². The summed E-state index contributed by atoms with van der Waals surface area (Å²) in [4.78, 5) is 26.1. The molecule has 3 rings (SSSR count). The second-order valence-electron chi connectivity index (χ2n) is 5.51. The molecule has 0 spiro atoms. The number of amides is 2. The van der Waals surface area contributed by atoms with E-state index in [0.717, 1.165) is 17.5 Å². The molecule has 1 heterocycles. The lowest BCUT2D eigenvalue weighted by molar-refractivity contribution is -0.143. The van der Waals surface area contributed by atoms with Crippen molar-refractivity contribution in [2.45, 2.75) is 19.9 Å². The van der Waals surface area contributed by atoms with Gasteiger partial charge in [-0.15, -0.1) is 0 Å². The summed E-state index contributed by atoms with van der Waals surface area (Å²) in [6.07, 6.45) is 0.791. The van der Waals surface area contributed by atoms with Gasteiger partial charge < -0.3 is 10.2 Å². The maximum absolute atomic E-state index is 12.3. The van der Waals surface area contributed by atoms with E-state index in [1.165, 1.54) is 5.56 Å². The maximum atomic E-state index is 12.3. The number of benzene rings is 2. The summed E-state index contributed by atoms with van der Waals surface area (Å²) in [6.45, 7) is 2.98. The average Bonchev–Trinajstić information content (AvgIpc) is 2.55. The van der Waals surface area contributed by atoms with E-state index in [4.69, 9.17) is 0 Å². The van der Waals surface area contributed by atoms with Gasteiger partial charge in [-0.25, -0.2) is 0 Å². The lowest BCUT2D eigenvalue weighted by Gasteiger charge is -2.28. The maximum Gasteiger partial charge on any atom is 0.313 e. The highest BCUT2D eigenvalue weighted by Gasteiger charge is 2.25. The minimum atomic E-state index is -0.575. The summed E-state index contributed by atoms with van der Waals surface area (Å²) in [5.74, 6) is -1.05. The first-order chi connectivity index (χ1) is 10.6. The van der Waals surface area contributed by atoms with E-state index in [2.05, 4.69) is 11.4 Å². The molecule has 1 aliphatic heterocycles. The Labute approximate surface area is 129 Å². The van der Waals surface area contributed by atoms with Crippen molar-refractivity contribution in [3.63, 3.8) is 0 Å². The minimum Gasteiger partial charge on any atom is -0.330 e. The highest BCUT2D eigenvalue weighted by Crippen LogP contribution is 2.19. The van der Waals surface area contributed by atoms with E-state index in [9.17, 15) is 9.59 Å². The summed E-state index contributed by atoms with van der Waals surface area (Å²) in [6, 6.07) is 15.5. The first-order valence-electron chi connectivity index (χ1n) is 7.38. The molecular weight excluding hydrogens is 276 g/mol. The topological polar surface area (TPSA) is 49.4 Å². The number of carbonyl (C=O) groups is 2. The smallest absolute Gasteiger partial charge is 0.313 e. The minimum absolute atomic E-state index is 0.474. The zero-order valence-electron chi connectivity index (χ0n) is 12.5. The van der Waals surface area contributed by atoms with Gasteiger partial charge in [0.1, 0.15) is 0 Å². The van der Waals surface area contributed by atoms with Gasteiger partial charge in [0.25, 0.3) is 0 Å². The third-order valence-corrected chi connectivity index (χ3v) is 4.01. The third-order valence-electron chi connectivity index (χ3n) is 4.01. The molecule has 0 aromatic heterocycles. The Bertz CT molecular complexity index is 725. The molecule has 2 aromatic rings. The van der Waals surface area contributed by atoms with Crippen LogP contribution >= 0.6 is 0 Å². The van der Waals surface area contributed by atoms with Gasteiger partial charge in [-0.3, -0.25) is 9.59 Å². The quantitative estimate of drug-likeness (QED) is 0.822. The monoisotopic (exact) mass is 294 g/mol. The number of fused-ring (bicyclic) bond motifs is 1. The van der Waals surface area contributed by atoms with Gasteiger partial charge in [0, 0.05) is 18.8 Å². The molecule has 0 aliphatic carbocycles. The Morgan fingerprint density at radius 2 is 1.68 bits per heavy atom. The third kappa shape index (κ3) is 2.86. The summed E-state index contributed by atoms with van der Waals surface area (Å²) < 4.78 is 0. The van der Waals surface area contributed by atoms with Gasteiger partial charge in [0.15, 0.2) is 0 Å². The summed E-state index contributed by atoms with van der Waals surface area (Å²) in [7, 11) is 0. The molecule has 0 unspecified atom stereocenters. The van der Waals surface area contributed by atoms with E-state index in [1.54, 1.807) is 11.0 Å². The summed E-state index contributed by atoms with van der Waals surface area (Å²) >= 11 is 0. The van der Waals surface area contributed by atoms with Crippen molar-refractivity contribution in [2.75, 3.05) is 11.9 Å². The van der Waals surface area contributed by atoms with Gasteiger partial charge in [-0.2, -0.15) is 0 Å². The molecule has 112 valence electrons.